The van der Waals surface area contributed by atoms with Crippen LogP contribution in [0, 0.1) is 5.92 Å². The molecule has 2 unspecified atom stereocenters. The van der Waals surface area contributed by atoms with Gasteiger partial charge >= 0.3 is 6.03 Å². The van der Waals surface area contributed by atoms with E-state index in [4.69, 9.17) is 0 Å². The van der Waals surface area contributed by atoms with Crippen molar-refractivity contribution >= 4 is 18.2 Å². The summed E-state index contributed by atoms with van der Waals surface area (Å²) in [6.45, 7) is 0. The van der Waals surface area contributed by atoms with Crippen molar-refractivity contribution in [3.05, 3.63) is 0 Å². The molecule has 1 heterocycles. The predicted molar refractivity (Wildman–Crippen MR) is 42.8 cm³/mol. The molecule has 2 atom stereocenters. The number of hydrogen-bond acceptors (Lipinski definition) is 3. The van der Waals surface area contributed by atoms with E-state index in [9.17, 15) is 14.4 Å². The quantitative estimate of drug-likeness (QED) is 0.426. The summed E-state index contributed by atoms with van der Waals surface area (Å²) in [4.78, 5) is 32.7. The van der Waals surface area contributed by atoms with Gasteiger partial charge < -0.3 is 10.1 Å². The van der Waals surface area contributed by atoms with E-state index in [0.717, 1.165) is 6.29 Å². The van der Waals surface area contributed by atoms with Crippen LogP contribution in [-0.4, -0.2) is 23.8 Å². The van der Waals surface area contributed by atoms with Crippen molar-refractivity contribution in [1.29, 1.82) is 0 Å². The fraction of sp³-hybridized carbons (Fsp3) is 0.625. The molecule has 70 valence electrons. The van der Waals surface area contributed by atoms with Crippen LogP contribution in [0.4, 0.5) is 4.79 Å². The number of imide groups is 1. The van der Waals surface area contributed by atoms with Crippen molar-refractivity contribution in [3.8, 4) is 0 Å². The molecule has 0 aromatic carbocycles. The molecule has 2 fully saturated rings. The van der Waals surface area contributed by atoms with E-state index >= 15 is 0 Å². The van der Waals surface area contributed by atoms with E-state index in [1.807, 2.05) is 0 Å². The lowest BCUT2D eigenvalue weighted by Crippen LogP contribution is -2.44. The Morgan fingerprint density at radius 2 is 2.23 bits per heavy atom. The van der Waals surface area contributed by atoms with Crippen LogP contribution in [0.15, 0.2) is 0 Å². The van der Waals surface area contributed by atoms with Gasteiger partial charge in [0.1, 0.15) is 11.8 Å². The third-order valence-corrected chi connectivity index (χ3v) is 2.76. The molecule has 2 aliphatic rings. The van der Waals surface area contributed by atoms with Gasteiger partial charge in [-0.15, -0.1) is 0 Å². The highest BCUT2D eigenvalue weighted by molar-refractivity contribution is 6.07. The fourth-order valence-corrected chi connectivity index (χ4v) is 2.05. The Bertz CT molecular complexity index is 289. The topological polar surface area (TPSA) is 75.3 Å². The molecule has 2 N–H and O–H groups in total. The summed E-state index contributed by atoms with van der Waals surface area (Å²) in [5.74, 6) is -0.383. The van der Waals surface area contributed by atoms with Gasteiger partial charge in [0.25, 0.3) is 5.91 Å². The number of aldehydes is 1. The Morgan fingerprint density at radius 1 is 1.46 bits per heavy atom. The number of rotatable bonds is 1. The molecule has 3 amide bonds. The highest BCUT2D eigenvalue weighted by Gasteiger charge is 2.50. The second kappa shape index (κ2) is 2.55. The fourth-order valence-electron chi connectivity index (χ4n) is 2.05. The summed E-state index contributed by atoms with van der Waals surface area (Å²) in [5, 5.41) is 4.77. The van der Waals surface area contributed by atoms with Gasteiger partial charge in [-0.2, -0.15) is 0 Å². The second-order valence-corrected chi connectivity index (χ2v) is 3.63. The molecule has 0 radical (unpaired) electrons. The van der Waals surface area contributed by atoms with Crippen LogP contribution < -0.4 is 10.6 Å². The number of amides is 3. The maximum absolute atomic E-state index is 11.4. The zero-order valence-electron chi connectivity index (χ0n) is 7.00. The average molecular weight is 182 g/mol. The van der Waals surface area contributed by atoms with Gasteiger partial charge in [-0.25, -0.2) is 4.79 Å². The SMILES string of the molecule is O=CC1CCC2(C1)NC(=O)NC2=O. The van der Waals surface area contributed by atoms with E-state index in [2.05, 4.69) is 10.6 Å². The molecule has 5 heteroatoms. The van der Waals surface area contributed by atoms with Crippen molar-refractivity contribution in [1.82, 2.24) is 10.6 Å². The third kappa shape index (κ3) is 1.11. The van der Waals surface area contributed by atoms with Crippen LogP contribution in [0.25, 0.3) is 0 Å². The van der Waals surface area contributed by atoms with Crippen LogP contribution in [0.3, 0.4) is 0 Å². The first kappa shape index (κ1) is 8.22. The minimum atomic E-state index is -0.789. The molecule has 0 bridgehead atoms. The minimum absolute atomic E-state index is 0.0934. The Kier molecular flexibility index (Phi) is 1.61. The molecule has 13 heavy (non-hydrogen) atoms. The number of urea groups is 1. The van der Waals surface area contributed by atoms with Gasteiger partial charge in [0.2, 0.25) is 0 Å². The molecule has 1 saturated heterocycles. The molecule has 1 aliphatic heterocycles. The standard InChI is InChI=1S/C8H10N2O3/c11-4-5-1-2-8(3-5)6(12)9-7(13)10-8/h4-5H,1-3H2,(H2,9,10,12,13). The minimum Gasteiger partial charge on any atom is -0.323 e. The van der Waals surface area contributed by atoms with Crippen molar-refractivity contribution in [3.63, 3.8) is 0 Å². The van der Waals surface area contributed by atoms with Crippen LogP contribution in [0.2, 0.25) is 0 Å². The van der Waals surface area contributed by atoms with Crippen molar-refractivity contribution < 1.29 is 14.4 Å². The van der Waals surface area contributed by atoms with Gasteiger partial charge in [-0.3, -0.25) is 10.1 Å². The van der Waals surface area contributed by atoms with E-state index < -0.39 is 11.6 Å². The Labute approximate surface area is 74.9 Å². The largest absolute Gasteiger partial charge is 0.323 e. The van der Waals surface area contributed by atoms with Crippen molar-refractivity contribution in [2.24, 2.45) is 5.92 Å². The Balaban J connectivity index is 2.19. The normalized spacial score (nSPS) is 37.7. The lowest BCUT2D eigenvalue weighted by Gasteiger charge is -2.18. The van der Waals surface area contributed by atoms with Gasteiger partial charge in [-0.05, 0) is 19.3 Å². The van der Waals surface area contributed by atoms with E-state index in [0.29, 0.717) is 19.3 Å². The Hall–Kier alpha value is -1.39. The smallest absolute Gasteiger partial charge is 0.322 e. The van der Waals surface area contributed by atoms with Gasteiger partial charge in [0.15, 0.2) is 0 Å². The lowest BCUT2D eigenvalue weighted by molar-refractivity contribution is -0.123. The van der Waals surface area contributed by atoms with Crippen LogP contribution in [0.1, 0.15) is 19.3 Å². The summed E-state index contributed by atoms with van der Waals surface area (Å²) in [6, 6.07) is -0.448. The first-order chi connectivity index (χ1) is 6.16. The van der Waals surface area contributed by atoms with Gasteiger partial charge in [-0.1, -0.05) is 0 Å². The summed E-state index contributed by atoms with van der Waals surface area (Å²) < 4.78 is 0. The first-order valence-electron chi connectivity index (χ1n) is 4.25. The van der Waals surface area contributed by atoms with Crippen LogP contribution in [-0.2, 0) is 9.59 Å². The molecule has 0 aromatic rings. The zero-order valence-corrected chi connectivity index (χ0v) is 7.00. The lowest BCUT2D eigenvalue weighted by atomic mass is 9.97. The highest BCUT2D eigenvalue weighted by Crippen LogP contribution is 2.35. The molecule has 0 aromatic heterocycles. The molecule has 5 nitrogen and oxygen atoms in total. The molecule has 1 aliphatic carbocycles. The summed E-state index contributed by atoms with van der Waals surface area (Å²) in [6.07, 6.45) is 2.53. The predicted octanol–water partition coefficient (Wildman–Crippen LogP) is -0.436. The van der Waals surface area contributed by atoms with E-state index in [1.54, 1.807) is 0 Å². The van der Waals surface area contributed by atoms with Crippen molar-refractivity contribution in [2.75, 3.05) is 0 Å². The van der Waals surface area contributed by atoms with Crippen molar-refractivity contribution in [2.45, 2.75) is 24.8 Å². The number of carbonyl (C=O) groups is 3. The second-order valence-electron chi connectivity index (χ2n) is 3.63. The molecule has 1 spiro atoms. The summed E-state index contributed by atoms with van der Waals surface area (Å²) >= 11 is 0. The number of hydrogen-bond donors (Lipinski definition) is 2. The van der Waals surface area contributed by atoms with E-state index in [-0.39, 0.29) is 11.8 Å². The number of carbonyl (C=O) groups excluding carboxylic acids is 3. The number of nitrogens with one attached hydrogen (secondary N) is 2. The molecule has 1 saturated carbocycles. The maximum atomic E-state index is 11.4. The molecular formula is C8H10N2O3. The average Bonchev–Trinajstić information content (AvgIpc) is 2.59. The van der Waals surface area contributed by atoms with Gasteiger partial charge in [0, 0.05) is 5.92 Å². The third-order valence-electron chi connectivity index (χ3n) is 2.76. The van der Waals surface area contributed by atoms with Crippen LogP contribution in [0.5, 0.6) is 0 Å². The first-order valence-corrected chi connectivity index (χ1v) is 4.25. The van der Waals surface area contributed by atoms with E-state index in [1.165, 1.54) is 0 Å². The zero-order chi connectivity index (χ0) is 9.47. The molecular weight excluding hydrogens is 172 g/mol. The summed E-state index contributed by atoms with van der Waals surface area (Å²) in [5.41, 5.74) is -0.789. The van der Waals surface area contributed by atoms with Crippen LogP contribution >= 0.6 is 0 Å². The molecule has 2 rings (SSSR count). The maximum Gasteiger partial charge on any atom is 0.322 e. The monoisotopic (exact) mass is 182 g/mol. The highest BCUT2D eigenvalue weighted by atomic mass is 16.2. The summed E-state index contributed by atoms with van der Waals surface area (Å²) in [7, 11) is 0. The Morgan fingerprint density at radius 3 is 2.69 bits per heavy atom. The van der Waals surface area contributed by atoms with Gasteiger partial charge in [0.05, 0.1) is 0 Å².